The van der Waals surface area contributed by atoms with Gasteiger partial charge in [0.05, 0.1) is 5.75 Å². The molecule has 138 valence electrons. The molecule has 1 N–H and O–H groups in total. The molecule has 26 heavy (non-hydrogen) atoms. The van der Waals surface area contributed by atoms with Gasteiger partial charge in [0.25, 0.3) is 0 Å². The average molecular weight is 371 g/mol. The molecule has 0 unspecified atom stereocenters. The van der Waals surface area contributed by atoms with Gasteiger partial charge >= 0.3 is 0 Å². The fourth-order valence-electron chi connectivity index (χ4n) is 3.26. The van der Waals surface area contributed by atoms with Crippen molar-refractivity contribution in [2.24, 2.45) is 0 Å². The van der Waals surface area contributed by atoms with Crippen LogP contribution in [0.25, 0.3) is 0 Å². The minimum atomic E-state index is 0.0177. The molecule has 0 spiro atoms. The minimum absolute atomic E-state index is 0.0177. The Bertz CT molecular complexity index is 795. The predicted molar refractivity (Wildman–Crippen MR) is 105 cm³/mol. The van der Waals surface area contributed by atoms with E-state index in [4.69, 9.17) is 0 Å². The fourth-order valence-corrected chi connectivity index (χ4v) is 4.07. The quantitative estimate of drug-likeness (QED) is 0.682. The molecule has 0 bridgehead atoms. The van der Waals surface area contributed by atoms with Gasteiger partial charge in [-0.25, -0.2) is 0 Å². The van der Waals surface area contributed by atoms with Crippen LogP contribution < -0.4 is 5.32 Å². The van der Waals surface area contributed by atoms with E-state index in [0.29, 0.717) is 23.6 Å². The van der Waals surface area contributed by atoms with Crippen LogP contribution in [0.3, 0.4) is 0 Å². The summed E-state index contributed by atoms with van der Waals surface area (Å²) >= 11 is 1.51. The zero-order chi connectivity index (χ0) is 18.1. The molecule has 2 saturated carbocycles. The van der Waals surface area contributed by atoms with Crippen LogP contribution in [0.1, 0.15) is 75.2 Å². The molecular formula is C20H26N4OS. The van der Waals surface area contributed by atoms with Crippen molar-refractivity contribution in [3.8, 4) is 0 Å². The third-order valence-corrected chi connectivity index (χ3v) is 6.20. The van der Waals surface area contributed by atoms with Gasteiger partial charge in [-0.1, -0.05) is 43.8 Å². The van der Waals surface area contributed by atoms with E-state index in [1.54, 1.807) is 0 Å². The van der Waals surface area contributed by atoms with Crippen LogP contribution in [0.4, 0.5) is 5.69 Å². The number of nitrogens with one attached hydrogen (secondary N) is 1. The van der Waals surface area contributed by atoms with Crippen LogP contribution in [-0.4, -0.2) is 26.4 Å². The van der Waals surface area contributed by atoms with Gasteiger partial charge in [-0.2, -0.15) is 0 Å². The first kappa shape index (κ1) is 17.6. The highest BCUT2D eigenvalue weighted by Crippen LogP contribution is 2.46. The van der Waals surface area contributed by atoms with E-state index in [9.17, 15) is 4.79 Å². The van der Waals surface area contributed by atoms with Crippen molar-refractivity contribution in [2.45, 2.75) is 69.0 Å². The van der Waals surface area contributed by atoms with Gasteiger partial charge in [-0.05, 0) is 49.7 Å². The second-order valence-electron chi connectivity index (χ2n) is 7.45. The molecule has 2 fully saturated rings. The SMILES string of the molecule is CC[C@H](C)c1ccccc1NC(=O)CSc1nnc(C2CC2)n1C1CC1. The molecule has 4 rings (SSSR count). The molecule has 5 nitrogen and oxygen atoms in total. The number of hydrogen-bond acceptors (Lipinski definition) is 4. The molecule has 0 radical (unpaired) electrons. The van der Waals surface area contributed by atoms with Gasteiger partial charge in [0, 0.05) is 17.6 Å². The number of thioether (sulfide) groups is 1. The molecule has 1 atom stereocenters. The number of benzene rings is 1. The van der Waals surface area contributed by atoms with Gasteiger partial charge in [0.2, 0.25) is 5.91 Å². The number of anilines is 1. The molecule has 1 heterocycles. The van der Waals surface area contributed by atoms with Crippen LogP contribution in [0.2, 0.25) is 0 Å². The molecule has 2 aromatic rings. The Labute approximate surface area is 159 Å². The smallest absolute Gasteiger partial charge is 0.234 e. The number of para-hydroxylation sites is 1. The number of amides is 1. The number of rotatable bonds is 8. The Morgan fingerprint density at radius 3 is 2.73 bits per heavy atom. The van der Waals surface area contributed by atoms with Crippen molar-refractivity contribution in [3.63, 3.8) is 0 Å². The van der Waals surface area contributed by atoms with Crippen LogP contribution in [-0.2, 0) is 4.79 Å². The van der Waals surface area contributed by atoms with Crippen LogP contribution in [0, 0.1) is 0 Å². The monoisotopic (exact) mass is 370 g/mol. The summed E-state index contributed by atoms with van der Waals surface area (Å²) in [4.78, 5) is 12.5. The Hall–Kier alpha value is -1.82. The van der Waals surface area contributed by atoms with Crippen molar-refractivity contribution >= 4 is 23.4 Å². The van der Waals surface area contributed by atoms with E-state index < -0.39 is 0 Å². The predicted octanol–water partition coefficient (Wildman–Crippen LogP) is 4.73. The molecular weight excluding hydrogens is 344 g/mol. The van der Waals surface area contributed by atoms with Crippen molar-refractivity contribution < 1.29 is 4.79 Å². The number of aromatic nitrogens is 3. The van der Waals surface area contributed by atoms with Crippen molar-refractivity contribution in [2.75, 3.05) is 11.1 Å². The lowest BCUT2D eigenvalue weighted by Crippen LogP contribution is -2.16. The Balaban J connectivity index is 1.41. The average Bonchev–Trinajstić information content (AvgIpc) is 3.58. The molecule has 6 heteroatoms. The van der Waals surface area contributed by atoms with E-state index in [1.165, 1.54) is 43.0 Å². The molecule has 1 aromatic carbocycles. The summed E-state index contributed by atoms with van der Waals surface area (Å²) in [6, 6.07) is 8.64. The van der Waals surface area contributed by atoms with E-state index in [1.807, 2.05) is 18.2 Å². The molecule has 0 saturated heterocycles. The number of hydrogen-bond donors (Lipinski definition) is 1. The summed E-state index contributed by atoms with van der Waals surface area (Å²) < 4.78 is 2.29. The molecule has 2 aliphatic rings. The molecule has 1 aromatic heterocycles. The van der Waals surface area contributed by atoms with E-state index in [2.05, 4.69) is 40.0 Å². The van der Waals surface area contributed by atoms with E-state index >= 15 is 0 Å². The number of carbonyl (C=O) groups excluding carboxylic acids is 1. The van der Waals surface area contributed by atoms with Crippen LogP contribution in [0.5, 0.6) is 0 Å². The van der Waals surface area contributed by atoms with Gasteiger partial charge in [0.15, 0.2) is 5.16 Å². The number of carbonyl (C=O) groups is 1. The number of nitrogens with zero attached hydrogens (tertiary/aromatic N) is 3. The highest BCUT2D eigenvalue weighted by Gasteiger charge is 2.36. The van der Waals surface area contributed by atoms with Gasteiger partial charge in [-0.15, -0.1) is 10.2 Å². The topological polar surface area (TPSA) is 59.8 Å². The molecule has 2 aliphatic carbocycles. The Kier molecular flexibility index (Phi) is 5.02. The summed E-state index contributed by atoms with van der Waals surface area (Å²) in [5, 5.41) is 12.8. The third kappa shape index (κ3) is 3.80. The van der Waals surface area contributed by atoms with Gasteiger partial charge < -0.3 is 9.88 Å². The second-order valence-corrected chi connectivity index (χ2v) is 8.39. The minimum Gasteiger partial charge on any atom is -0.325 e. The largest absolute Gasteiger partial charge is 0.325 e. The van der Waals surface area contributed by atoms with Gasteiger partial charge in [-0.3, -0.25) is 4.79 Å². The molecule has 0 aliphatic heterocycles. The zero-order valence-corrected chi connectivity index (χ0v) is 16.3. The maximum atomic E-state index is 12.5. The van der Waals surface area contributed by atoms with Crippen molar-refractivity contribution in [3.05, 3.63) is 35.7 Å². The fraction of sp³-hybridized carbons (Fsp3) is 0.550. The Morgan fingerprint density at radius 1 is 1.27 bits per heavy atom. The van der Waals surface area contributed by atoms with Gasteiger partial charge in [0.1, 0.15) is 5.82 Å². The lowest BCUT2D eigenvalue weighted by Gasteiger charge is -2.15. The highest BCUT2D eigenvalue weighted by atomic mass is 32.2. The van der Waals surface area contributed by atoms with E-state index in [-0.39, 0.29) is 5.91 Å². The second kappa shape index (κ2) is 7.43. The first-order valence-electron chi connectivity index (χ1n) is 9.63. The highest BCUT2D eigenvalue weighted by molar-refractivity contribution is 7.99. The summed E-state index contributed by atoms with van der Waals surface area (Å²) in [7, 11) is 0. The van der Waals surface area contributed by atoms with Crippen LogP contribution in [0.15, 0.2) is 29.4 Å². The lowest BCUT2D eigenvalue weighted by molar-refractivity contribution is -0.113. The third-order valence-electron chi connectivity index (χ3n) is 5.26. The summed E-state index contributed by atoms with van der Waals surface area (Å²) in [6.45, 7) is 4.36. The van der Waals surface area contributed by atoms with Crippen molar-refractivity contribution in [1.82, 2.24) is 14.8 Å². The van der Waals surface area contributed by atoms with Crippen LogP contribution >= 0.6 is 11.8 Å². The lowest BCUT2D eigenvalue weighted by atomic mass is 9.97. The Morgan fingerprint density at radius 2 is 2.04 bits per heavy atom. The maximum Gasteiger partial charge on any atom is 0.234 e. The first-order valence-corrected chi connectivity index (χ1v) is 10.6. The standard InChI is InChI=1S/C20H26N4OS/c1-3-13(2)16-6-4-5-7-17(16)21-18(25)12-26-20-23-22-19(14-8-9-14)24(20)15-10-11-15/h4-7,13-15H,3,8-12H2,1-2H3,(H,21,25)/t13-/m0/s1. The zero-order valence-electron chi connectivity index (χ0n) is 15.4. The summed E-state index contributed by atoms with van der Waals surface area (Å²) in [5.41, 5.74) is 2.13. The summed E-state index contributed by atoms with van der Waals surface area (Å²) in [5.74, 6) is 2.54. The molecule has 1 amide bonds. The maximum absolute atomic E-state index is 12.5. The first-order chi connectivity index (χ1) is 12.7. The normalized spacial score (nSPS) is 17.9. The summed E-state index contributed by atoms with van der Waals surface area (Å²) in [6.07, 6.45) is 5.92. The van der Waals surface area contributed by atoms with Crippen molar-refractivity contribution in [1.29, 1.82) is 0 Å². The van der Waals surface area contributed by atoms with E-state index in [0.717, 1.165) is 23.1 Å².